The summed E-state index contributed by atoms with van der Waals surface area (Å²) >= 11 is 0. The van der Waals surface area contributed by atoms with Crippen LogP contribution in [0.5, 0.6) is 0 Å². The summed E-state index contributed by atoms with van der Waals surface area (Å²) < 4.78 is 0. The molecule has 0 amide bonds. The summed E-state index contributed by atoms with van der Waals surface area (Å²) in [6.45, 7) is 4.26. The zero-order valence-electron chi connectivity index (χ0n) is 12.3. The Bertz CT molecular complexity index is 538. The fourth-order valence-corrected chi connectivity index (χ4v) is 2.32. The van der Waals surface area contributed by atoms with Crippen molar-refractivity contribution in [3.63, 3.8) is 0 Å². The second kappa shape index (κ2) is 6.58. The molecule has 0 bridgehead atoms. The Morgan fingerprint density at radius 1 is 1.05 bits per heavy atom. The number of benzene rings is 2. The van der Waals surface area contributed by atoms with Crippen LogP contribution in [0.25, 0.3) is 0 Å². The van der Waals surface area contributed by atoms with E-state index in [4.69, 9.17) is 0 Å². The Balaban J connectivity index is 2.01. The van der Waals surface area contributed by atoms with E-state index in [1.54, 1.807) is 0 Å². The number of hydrogen-bond acceptors (Lipinski definition) is 2. The topological polar surface area (TPSA) is 32.3 Å². The normalized spacial score (nSPS) is 13.8. The van der Waals surface area contributed by atoms with Crippen LogP contribution in [0.3, 0.4) is 0 Å². The monoisotopic (exact) mass is 269 g/mol. The minimum Gasteiger partial charge on any atom is -0.394 e. The fourth-order valence-electron chi connectivity index (χ4n) is 2.32. The summed E-state index contributed by atoms with van der Waals surface area (Å²) in [7, 11) is 0. The number of aryl methyl sites for hydroxylation is 2. The maximum atomic E-state index is 9.73. The van der Waals surface area contributed by atoms with Crippen LogP contribution in [-0.4, -0.2) is 17.3 Å². The van der Waals surface area contributed by atoms with Crippen molar-refractivity contribution < 1.29 is 5.11 Å². The molecular weight excluding hydrogens is 246 g/mol. The first kappa shape index (κ1) is 14.6. The summed E-state index contributed by atoms with van der Waals surface area (Å²) in [4.78, 5) is 0. The van der Waals surface area contributed by atoms with Crippen molar-refractivity contribution in [3.8, 4) is 0 Å². The van der Waals surface area contributed by atoms with E-state index in [2.05, 4.69) is 55.6 Å². The molecule has 2 aromatic rings. The molecule has 2 rings (SSSR count). The van der Waals surface area contributed by atoms with Gasteiger partial charge in [-0.25, -0.2) is 0 Å². The molecule has 0 aliphatic rings. The zero-order valence-corrected chi connectivity index (χ0v) is 12.3. The molecule has 0 radical (unpaired) electrons. The van der Waals surface area contributed by atoms with E-state index in [0.29, 0.717) is 0 Å². The molecule has 2 heteroatoms. The molecule has 2 N–H and O–H groups in total. The van der Waals surface area contributed by atoms with E-state index in [1.165, 1.54) is 11.1 Å². The highest BCUT2D eigenvalue weighted by Crippen LogP contribution is 2.21. The van der Waals surface area contributed by atoms with Crippen LogP contribution >= 0.6 is 0 Å². The van der Waals surface area contributed by atoms with Crippen LogP contribution < -0.4 is 5.32 Å². The summed E-state index contributed by atoms with van der Waals surface area (Å²) in [5.41, 5.74) is 3.29. The number of anilines is 1. The van der Waals surface area contributed by atoms with E-state index in [0.717, 1.165) is 18.5 Å². The fraction of sp³-hybridized carbons (Fsp3) is 0.333. The summed E-state index contributed by atoms with van der Waals surface area (Å²) in [5.74, 6) is 0. The molecular formula is C18H23NO. The average molecular weight is 269 g/mol. The maximum absolute atomic E-state index is 9.73. The Kier molecular flexibility index (Phi) is 4.80. The third-order valence-electron chi connectivity index (χ3n) is 3.62. The van der Waals surface area contributed by atoms with Gasteiger partial charge in [0, 0.05) is 5.69 Å². The van der Waals surface area contributed by atoms with Gasteiger partial charge in [-0.05, 0) is 49.9 Å². The van der Waals surface area contributed by atoms with Crippen molar-refractivity contribution >= 4 is 5.69 Å². The van der Waals surface area contributed by atoms with Crippen molar-refractivity contribution in [3.05, 3.63) is 65.7 Å². The van der Waals surface area contributed by atoms with Crippen LogP contribution in [0, 0.1) is 6.92 Å². The van der Waals surface area contributed by atoms with Gasteiger partial charge < -0.3 is 10.4 Å². The van der Waals surface area contributed by atoms with Gasteiger partial charge in [0.15, 0.2) is 0 Å². The van der Waals surface area contributed by atoms with Crippen LogP contribution in [-0.2, 0) is 6.42 Å². The Hall–Kier alpha value is -1.80. The molecule has 0 spiro atoms. The Morgan fingerprint density at radius 2 is 1.80 bits per heavy atom. The lowest BCUT2D eigenvalue weighted by Gasteiger charge is -2.30. The first-order valence-electron chi connectivity index (χ1n) is 7.11. The van der Waals surface area contributed by atoms with Crippen molar-refractivity contribution in [2.24, 2.45) is 0 Å². The van der Waals surface area contributed by atoms with Crippen molar-refractivity contribution in [1.82, 2.24) is 0 Å². The Labute approximate surface area is 121 Å². The molecule has 0 saturated carbocycles. The summed E-state index contributed by atoms with van der Waals surface area (Å²) in [5, 5.41) is 13.2. The first-order chi connectivity index (χ1) is 9.61. The van der Waals surface area contributed by atoms with Crippen LogP contribution in [0.4, 0.5) is 5.69 Å². The predicted molar refractivity (Wildman–Crippen MR) is 85.1 cm³/mol. The van der Waals surface area contributed by atoms with Crippen molar-refractivity contribution in [1.29, 1.82) is 0 Å². The molecule has 0 saturated heterocycles. The second-order valence-electron chi connectivity index (χ2n) is 5.70. The Morgan fingerprint density at radius 3 is 2.45 bits per heavy atom. The molecule has 0 aliphatic carbocycles. The number of rotatable bonds is 6. The highest BCUT2D eigenvalue weighted by molar-refractivity contribution is 5.47. The first-order valence-corrected chi connectivity index (χ1v) is 7.11. The molecule has 0 heterocycles. The quantitative estimate of drug-likeness (QED) is 0.836. The summed E-state index contributed by atoms with van der Waals surface area (Å²) in [6, 6.07) is 18.7. The predicted octanol–water partition coefficient (Wildman–Crippen LogP) is 3.79. The van der Waals surface area contributed by atoms with Crippen LogP contribution in [0.1, 0.15) is 24.5 Å². The highest BCUT2D eigenvalue weighted by atomic mass is 16.3. The number of hydrogen-bond donors (Lipinski definition) is 2. The molecule has 20 heavy (non-hydrogen) atoms. The zero-order chi connectivity index (χ0) is 14.4. The van der Waals surface area contributed by atoms with Crippen molar-refractivity contribution in [2.75, 3.05) is 11.9 Å². The van der Waals surface area contributed by atoms with Gasteiger partial charge in [0.05, 0.1) is 12.1 Å². The molecule has 2 aromatic carbocycles. The van der Waals surface area contributed by atoms with Gasteiger partial charge in [-0.1, -0.05) is 42.5 Å². The number of aliphatic hydroxyl groups excluding tert-OH is 1. The van der Waals surface area contributed by atoms with Crippen molar-refractivity contribution in [2.45, 2.75) is 32.2 Å². The van der Waals surface area contributed by atoms with Gasteiger partial charge in [0.1, 0.15) is 0 Å². The SMILES string of the molecule is Cc1cccc(NC(C)(CO)CCc2ccccc2)c1. The largest absolute Gasteiger partial charge is 0.394 e. The standard InChI is InChI=1S/C18H23NO/c1-15-7-6-10-17(13-15)19-18(2,14-20)12-11-16-8-4-3-5-9-16/h3-10,13,19-20H,11-12,14H2,1-2H3. The smallest absolute Gasteiger partial charge is 0.0658 e. The number of aliphatic hydroxyl groups is 1. The lowest BCUT2D eigenvalue weighted by atomic mass is 9.93. The molecule has 0 fully saturated rings. The molecule has 0 aliphatic heterocycles. The average Bonchev–Trinajstić information content (AvgIpc) is 2.46. The van der Waals surface area contributed by atoms with Crippen LogP contribution in [0.15, 0.2) is 54.6 Å². The van der Waals surface area contributed by atoms with E-state index >= 15 is 0 Å². The van der Waals surface area contributed by atoms with Gasteiger partial charge in [-0.3, -0.25) is 0 Å². The van der Waals surface area contributed by atoms with Gasteiger partial charge in [0.2, 0.25) is 0 Å². The molecule has 1 atom stereocenters. The minimum absolute atomic E-state index is 0.119. The highest BCUT2D eigenvalue weighted by Gasteiger charge is 2.22. The van der Waals surface area contributed by atoms with E-state index in [1.807, 2.05) is 18.2 Å². The van der Waals surface area contributed by atoms with Gasteiger partial charge in [0.25, 0.3) is 0 Å². The van der Waals surface area contributed by atoms with Crippen LogP contribution in [0.2, 0.25) is 0 Å². The summed E-state index contributed by atoms with van der Waals surface area (Å²) in [6.07, 6.45) is 1.85. The van der Waals surface area contributed by atoms with E-state index in [9.17, 15) is 5.11 Å². The lowest BCUT2D eigenvalue weighted by Crippen LogP contribution is -2.39. The maximum Gasteiger partial charge on any atom is 0.0658 e. The van der Waals surface area contributed by atoms with E-state index < -0.39 is 0 Å². The second-order valence-corrected chi connectivity index (χ2v) is 5.70. The van der Waals surface area contributed by atoms with Gasteiger partial charge in [-0.15, -0.1) is 0 Å². The minimum atomic E-state index is -0.302. The lowest BCUT2D eigenvalue weighted by molar-refractivity contribution is 0.215. The molecule has 106 valence electrons. The molecule has 1 unspecified atom stereocenters. The third kappa shape index (κ3) is 4.10. The molecule has 0 aromatic heterocycles. The number of nitrogens with one attached hydrogen (secondary N) is 1. The van der Waals surface area contributed by atoms with E-state index in [-0.39, 0.29) is 12.1 Å². The van der Waals surface area contributed by atoms with Gasteiger partial charge in [-0.2, -0.15) is 0 Å². The molecule has 2 nitrogen and oxygen atoms in total. The van der Waals surface area contributed by atoms with Gasteiger partial charge >= 0.3 is 0 Å². The third-order valence-corrected chi connectivity index (χ3v) is 3.62.